The van der Waals surface area contributed by atoms with Crippen LogP contribution in [0.3, 0.4) is 0 Å². The van der Waals surface area contributed by atoms with Crippen molar-refractivity contribution in [3.63, 3.8) is 0 Å². The minimum absolute atomic E-state index is 0.235. The molecule has 90 valence electrons. The second kappa shape index (κ2) is 4.73. The number of nitrogens with one attached hydrogen (secondary N) is 1. The Kier molecular flexibility index (Phi) is 3.79. The van der Waals surface area contributed by atoms with E-state index in [1.54, 1.807) is 6.92 Å². The Balaban J connectivity index is 2.52. The maximum atomic E-state index is 11.6. The van der Waals surface area contributed by atoms with Crippen LogP contribution < -0.4 is 5.73 Å². The molecule has 0 saturated carbocycles. The fraction of sp³-hybridized carbons (Fsp3) is 0.667. The van der Waals surface area contributed by atoms with E-state index in [4.69, 9.17) is 10.5 Å². The van der Waals surface area contributed by atoms with Crippen molar-refractivity contribution in [1.29, 1.82) is 0 Å². The Morgan fingerprint density at radius 2 is 2.19 bits per heavy atom. The van der Waals surface area contributed by atoms with Crippen LogP contribution in [-0.2, 0) is 9.53 Å². The van der Waals surface area contributed by atoms with Gasteiger partial charge in [-0.25, -0.2) is 5.10 Å². The summed E-state index contributed by atoms with van der Waals surface area (Å²) in [5.41, 5.74) is 4.89. The summed E-state index contributed by atoms with van der Waals surface area (Å²) in [5.74, 6) is -0.0558. The number of thioether (sulfide) groups is 1. The first-order valence-electron chi connectivity index (χ1n) is 4.85. The number of nitrogens with two attached hydrogens (primary N) is 1. The number of nitrogens with zero attached hydrogens (tertiary/aromatic N) is 2. The van der Waals surface area contributed by atoms with E-state index in [9.17, 15) is 4.79 Å². The van der Waals surface area contributed by atoms with Crippen molar-refractivity contribution in [2.24, 2.45) is 0 Å². The van der Waals surface area contributed by atoms with Crippen molar-refractivity contribution in [2.45, 2.75) is 43.7 Å². The number of aromatic nitrogens is 3. The summed E-state index contributed by atoms with van der Waals surface area (Å²) in [5, 5.41) is 6.41. The Bertz CT molecular complexity index is 372. The van der Waals surface area contributed by atoms with Gasteiger partial charge in [-0.15, -0.1) is 5.10 Å². The van der Waals surface area contributed by atoms with Gasteiger partial charge in [-0.1, -0.05) is 11.8 Å². The van der Waals surface area contributed by atoms with Crippen LogP contribution >= 0.6 is 11.8 Å². The second-order valence-corrected chi connectivity index (χ2v) is 5.60. The first kappa shape index (κ1) is 12.8. The van der Waals surface area contributed by atoms with E-state index in [1.807, 2.05) is 20.8 Å². The Labute approximate surface area is 98.3 Å². The molecule has 0 aliphatic rings. The molecule has 16 heavy (non-hydrogen) atoms. The molecule has 0 fully saturated rings. The van der Waals surface area contributed by atoms with E-state index in [2.05, 4.69) is 15.2 Å². The van der Waals surface area contributed by atoms with Crippen LogP contribution in [0.1, 0.15) is 27.7 Å². The SMILES string of the molecule is CC(Sc1n[nH]c(N)n1)C(=O)OC(C)(C)C. The van der Waals surface area contributed by atoms with Gasteiger partial charge in [0.05, 0.1) is 0 Å². The fourth-order valence-corrected chi connectivity index (χ4v) is 1.61. The molecule has 0 bridgehead atoms. The van der Waals surface area contributed by atoms with Crippen LogP contribution in [0.2, 0.25) is 0 Å². The summed E-state index contributed by atoms with van der Waals surface area (Å²) >= 11 is 1.21. The van der Waals surface area contributed by atoms with Crippen LogP contribution in [0.15, 0.2) is 5.16 Å². The molecule has 7 heteroatoms. The molecule has 1 atom stereocenters. The zero-order valence-electron chi connectivity index (χ0n) is 9.77. The standard InChI is InChI=1S/C9H16N4O2S/c1-5(6(14)15-9(2,3)4)16-8-11-7(10)12-13-8/h5H,1-4H3,(H3,10,11,12,13). The number of hydrogen-bond donors (Lipinski definition) is 2. The molecule has 6 nitrogen and oxygen atoms in total. The lowest BCUT2D eigenvalue weighted by molar-refractivity contribution is -0.153. The quantitative estimate of drug-likeness (QED) is 0.613. The van der Waals surface area contributed by atoms with E-state index in [0.29, 0.717) is 5.16 Å². The topological polar surface area (TPSA) is 93.9 Å². The minimum Gasteiger partial charge on any atom is -0.459 e. The van der Waals surface area contributed by atoms with Gasteiger partial charge in [-0.3, -0.25) is 4.79 Å². The highest BCUT2D eigenvalue weighted by atomic mass is 32.2. The van der Waals surface area contributed by atoms with Crippen molar-refractivity contribution in [1.82, 2.24) is 15.2 Å². The van der Waals surface area contributed by atoms with E-state index in [1.165, 1.54) is 11.8 Å². The summed E-state index contributed by atoms with van der Waals surface area (Å²) in [6.07, 6.45) is 0. The van der Waals surface area contributed by atoms with Gasteiger partial charge in [-0.2, -0.15) is 4.98 Å². The van der Waals surface area contributed by atoms with Crippen molar-refractivity contribution in [3.05, 3.63) is 0 Å². The predicted molar refractivity (Wildman–Crippen MR) is 62.0 cm³/mol. The van der Waals surface area contributed by atoms with Gasteiger partial charge in [0.15, 0.2) is 0 Å². The predicted octanol–water partition coefficient (Wildman–Crippen LogP) is 1.21. The Morgan fingerprint density at radius 1 is 1.56 bits per heavy atom. The molecule has 1 unspecified atom stereocenters. The van der Waals surface area contributed by atoms with Crippen molar-refractivity contribution >= 4 is 23.7 Å². The number of aromatic amines is 1. The number of ether oxygens (including phenoxy) is 1. The van der Waals surface area contributed by atoms with Gasteiger partial charge in [0, 0.05) is 0 Å². The normalized spacial score (nSPS) is 13.5. The largest absolute Gasteiger partial charge is 0.459 e. The third-order valence-corrected chi connectivity index (χ3v) is 2.44. The highest BCUT2D eigenvalue weighted by molar-refractivity contribution is 8.00. The summed E-state index contributed by atoms with van der Waals surface area (Å²) in [6, 6.07) is 0. The number of esters is 1. The molecule has 0 amide bonds. The molecule has 1 aromatic rings. The lowest BCUT2D eigenvalue weighted by atomic mass is 10.2. The number of rotatable bonds is 3. The lowest BCUT2D eigenvalue weighted by Crippen LogP contribution is -2.28. The summed E-state index contributed by atoms with van der Waals surface area (Å²) in [6.45, 7) is 7.22. The molecule has 0 spiro atoms. The molecule has 0 saturated heterocycles. The molecule has 0 aliphatic heterocycles. The van der Waals surface area contributed by atoms with Crippen molar-refractivity contribution < 1.29 is 9.53 Å². The Hall–Kier alpha value is -1.24. The van der Waals surface area contributed by atoms with E-state index < -0.39 is 5.60 Å². The third kappa shape index (κ3) is 4.09. The second-order valence-electron chi connectivity index (χ2n) is 4.30. The average molecular weight is 244 g/mol. The minimum atomic E-state index is -0.482. The van der Waals surface area contributed by atoms with Gasteiger partial charge < -0.3 is 10.5 Å². The molecular weight excluding hydrogens is 228 g/mol. The van der Waals surface area contributed by atoms with Crippen molar-refractivity contribution in [3.8, 4) is 0 Å². The maximum Gasteiger partial charge on any atom is 0.319 e. The van der Waals surface area contributed by atoms with Gasteiger partial charge in [0.1, 0.15) is 10.9 Å². The summed E-state index contributed by atoms with van der Waals surface area (Å²) < 4.78 is 5.22. The van der Waals surface area contributed by atoms with Crippen LogP contribution in [0, 0.1) is 0 Å². The van der Waals surface area contributed by atoms with E-state index in [0.717, 1.165) is 0 Å². The number of carbonyl (C=O) groups excluding carboxylic acids is 1. The first-order chi connectivity index (χ1) is 7.28. The zero-order valence-corrected chi connectivity index (χ0v) is 10.6. The molecule has 0 aliphatic carbocycles. The zero-order chi connectivity index (χ0) is 12.3. The average Bonchev–Trinajstić information content (AvgIpc) is 2.48. The van der Waals surface area contributed by atoms with Gasteiger partial charge in [0.2, 0.25) is 11.1 Å². The number of nitrogen functional groups attached to an aromatic ring is 1. The lowest BCUT2D eigenvalue weighted by Gasteiger charge is -2.21. The number of H-pyrrole nitrogens is 1. The molecule has 1 heterocycles. The molecular formula is C9H16N4O2S. The molecule has 3 N–H and O–H groups in total. The molecule has 1 aromatic heterocycles. The number of anilines is 1. The van der Waals surface area contributed by atoms with Crippen LogP contribution in [0.5, 0.6) is 0 Å². The van der Waals surface area contributed by atoms with Gasteiger partial charge in [0.25, 0.3) is 0 Å². The molecule has 0 radical (unpaired) electrons. The molecule has 0 aromatic carbocycles. The highest BCUT2D eigenvalue weighted by Crippen LogP contribution is 2.22. The smallest absolute Gasteiger partial charge is 0.319 e. The van der Waals surface area contributed by atoms with Crippen LogP contribution in [0.25, 0.3) is 0 Å². The van der Waals surface area contributed by atoms with Gasteiger partial charge in [-0.05, 0) is 27.7 Å². The van der Waals surface area contributed by atoms with E-state index in [-0.39, 0.29) is 17.2 Å². The van der Waals surface area contributed by atoms with Gasteiger partial charge >= 0.3 is 5.97 Å². The third-order valence-electron chi connectivity index (χ3n) is 1.50. The number of carbonyl (C=O) groups is 1. The first-order valence-corrected chi connectivity index (χ1v) is 5.73. The summed E-state index contributed by atoms with van der Waals surface area (Å²) in [4.78, 5) is 15.5. The summed E-state index contributed by atoms with van der Waals surface area (Å²) in [7, 11) is 0. The van der Waals surface area contributed by atoms with Crippen LogP contribution in [-0.4, -0.2) is 32.0 Å². The van der Waals surface area contributed by atoms with E-state index >= 15 is 0 Å². The molecule has 1 rings (SSSR count). The fourth-order valence-electron chi connectivity index (χ4n) is 0.902. The highest BCUT2D eigenvalue weighted by Gasteiger charge is 2.23. The van der Waals surface area contributed by atoms with Crippen LogP contribution in [0.4, 0.5) is 5.95 Å². The number of hydrogen-bond acceptors (Lipinski definition) is 6. The van der Waals surface area contributed by atoms with Crippen molar-refractivity contribution in [2.75, 3.05) is 5.73 Å². The Morgan fingerprint density at radius 3 is 2.62 bits per heavy atom. The maximum absolute atomic E-state index is 11.6. The monoisotopic (exact) mass is 244 g/mol.